The summed E-state index contributed by atoms with van der Waals surface area (Å²) in [5.41, 5.74) is 5.41. The number of aromatic carboxylic acids is 1. The van der Waals surface area contributed by atoms with Gasteiger partial charge >= 0.3 is 5.97 Å². The van der Waals surface area contributed by atoms with Crippen molar-refractivity contribution in [3.8, 4) is 5.88 Å². The molecule has 1 unspecified atom stereocenters. The van der Waals surface area contributed by atoms with Gasteiger partial charge in [0.15, 0.2) is 11.9 Å². The first kappa shape index (κ1) is 31.9. The fraction of sp³-hybridized carbons (Fsp3) is 0.441. The SMILES string of the molecule is CCN(C)CC1CCN(c2cnc(OC)c(C(=O)O)c2)C1.Cc1cc(N2CC[C@](C)(c3ccccc3)C2)cn2nc(C=O)nc12. The largest absolute Gasteiger partial charge is 0.480 e. The third kappa shape index (κ3) is 7.09. The molecule has 2 saturated heterocycles. The molecule has 0 aliphatic carbocycles. The highest BCUT2D eigenvalue weighted by Gasteiger charge is 2.35. The zero-order valence-electron chi connectivity index (χ0n) is 26.8. The van der Waals surface area contributed by atoms with Crippen LogP contribution >= 0.6 is 0 Å². The van der Waals surface area contributed by atoms with Crippen LogP contribution in [-0.4, -0.2) is 95.3 Å². The van der Waals surface area contributed by atoms with Crippen LogP contribution in [0.4, 0.5) is 11.4 Å². The molecule has 3 aromatic heterocycles. The van der Waals surface area contributed by atoms with Gasteiger partial charge in [0.1, 0.15) is 5.56 Å². The highest BCUT2D eigenvalue weighted by molar-refractivity contribution is 5.91. The summed E-state index contributed by atoms with van der Waals surface area (Å²) in [5.74, 6) is -0.00787. The van der Waals surface area contributed by atoms with Gasteiger partial charge in [-0.15, -0.1) is 5.10 Å². The topological polar surface area (TPSA) is 116 Å². The minimum absolute atomic E-state index is 0.115. The number of carboxylic acid groups (broad SMARTS) is 1. The number of benzene rings is 1. The minimum Gasteiger partial charge on any atom is -0.480 e. The second-order valence-electron chi connectivity index (χ2n) is 12.3. The van der Waals surface area contributed by atoms with E-state index in [1.54, 1.807) is 16.8 Å². The maximum atomic E-state index is 11.3. The van der Waals surface area contributed by atoms with E-state index >= 15 is 0 Å². The summed E-state index contributed by atoms with van der Waals surface area (Å²) >= 11 is 0. The van der Waals surface area contributed by atoms with Crippen LogP contribution in [-0.2, 0) is 5.41 Å². The smallest absolute Gasteiger partial charge is 0.341 e. The standard InChI is InChI=1S/C19H20N4O.C15H23N3O3/c1-14-10-16(11-23-18(14)20-17(12-24)21-23)22-9-8-19(2,13-22)15-6-4-3-5-7-15;1-4-17(2)9-11-5-6-18(10-11)12-7-13(15(19)20)14(21-3)16-8-12/h3-7,10-12H,8-9,13H2,1-2H3;7-8,11H,4-6,9-10H2,1-3H3,(H,19,20)/t19-;/m0./s1. The van der Waals surface area contributed by atoms with Gasteiger partial charge < -0.3 is 24.5 Å². The second-order valence-corrected chi connectivity index (χ2v) is 12.3. The molecule has 1 N–H and O–H groups in total. The molecule has 6 rings (SSSR count). The molecule has 2 atom stereocenters. The number of carbonyl (C=O) groups is 2. The van der Waals surface area contributed by atoms with Crippen molar-refractivity contribution in [3.05, 3.63) is 77.4 Å². The average Bonchev–Trinajstić information content (AvgIpc) is 3.80. The van der Waals surface area contributed by atoms with Gasteiger partial charge in [-0.1, -0.05) is 44.2 Å². The monoisotopic (exact) mass is 613 g/mol. The number of aromatic nitrogens is 4. The lowest BCUT2D eigenvalue weighted by atomic mass is 9.82. The van der Waals surface area contributed by atoms with Crippen LogP contribution in [0.3, 0.4) is 0 Å². The Labute approximate surface area is 264 Å². The molecule has 2 aliphatic rings. The van der Waals surface area contributed by atoms with E-state index in [1.807, 2.05) is 13.1 Å². The van der Waals surface area contributed by atoms with E-state index < -0.39 is 5.97 Å². The van der Waals surface area contributed by atoms with E-state index in [2.05, 4.69) is 87.1 Å². The third-order valence-corrected chi connectivity index (χ3v) is 9.06. The van der Waals surface area contributed by atoms with Gasteiger partial charge in [0.2, 0.25) is 11.7 Å². The summed E-state index contributed by atoms with van der Waals surface area (Å²) in [7, 11) is 3.56. The minimum atomic E-state index is -1.01. The molecule has 45 heavy (non-hydrogen) atoms. The van der Waals surface area contributed by atoms with Gasteiger partial charge in [-0.2, -0.15) is 0 Å². The predicted octanol–water partition coefficient (Wildman–Crippen LogP) is 4.58. The number of aryl methyl sites for hydroxylation is 1. The Hall–Kier alpha value is -4.51. The molecule has 4 aromatic rings. The van der Waals surface area contributed by atoms with Crippen LogP contribution in [0.15, 0.2) is 54.9 Å². The summed E-state index contributed by atoms with van der Waals surface area (Å²) in [6, 6.07) is 14.5. The Bertz CT molecular complexity index is 1640. The number of fused-ring (bicyclic) bond motifs is 1. The number of aldehydes is 1. The molecule has 1 aromatic carbocycles. The fourth-order valence-electron chi connectivity index (χ4n) is 6.34. The van der Waals surface area contributed by atoms with E-state index in [9.17, 15) is 14.7 Å². The summed E-state index contributed by atoms with van der Waals surface area (Å²) in [5, 5.41) is 13.5. The number of rotatable bonds is 9. The Balaban J connectivity index is 0.000000180. The molecule has 0 radical (unpaired) electrons. The summed E-state index contributed by atoms with van der Waals surface area (Å²) in [6.07, 6.45) is 6.59. The number of anilines is 2. The van der Waals surface area contributed by atoms with Crippen LogP contribution in [0.5, 0.6) is 5.88 Å². The van der Waals surface area contributed by atoms with Gasteiger partial charge in [-0.3, -0.25) is 4.79 Å². The lowest BCUT2D eigenvalue weighted by Gasteiger charge is -2.26. The lowest BCUT2D eigenvalue weighted by molar-refractivity contribution is 0.0692. The summed E-state index contributed by atoms with van der Waals surface area (Å²) in [4.78, 5) is 37.4. The maximum Gasteiger partial charge on any atom is 0.341 e. The number of hydrogen-bond acceptors (Lipinski definition) is 9. The van der Waals surface area contributed by atoms with Gasteiger partial charge in [0, 0.05) is 38.1 Å². The Morgan fingerprint density at radius 3 is 2.64 bits per heavy atom. The summed E-state index contributed by atoms with van der Waals surface area (Å²) < 4.78 is 6.71. The Morgan fingerprint density at radius 2 is 1.96 bits per heavy atom. The van der Waals surface area contributed by atoms with Crippen molar-refractivity contribution < 1.29 is 19.4 Å². The number of carbonyl (C=O) groups excluding carboxylic acids is 1. The van der Waals surface area contributed by atoms with Crippen molar-refractivity contribution >= 4 is 29.3 Å². The number of methoxy groups -OCH3 is 1. The number of hydrogen-bond donors (Lipinski definition) is 1. The van der Waals surface area contributed by atoms with E-state index in [-0.39, 0.29) is 22.7 Å². The molecule has 11 nitrogen and oxygen atoms in total. The molecular formula is C34H43N7O4. The Kier molecular flexibility index (Phi) is 9.67. The number of ether oxygens (including phenoxy) is 1. The third-order valence-electron chi connectivity index (χ3n) is 9.06. The molecule has 0 amide bonds. The second kappa shape index (κ2) is 13.6. The van der Waals surface area contributed by atoms with Crippen LogP contribution in [0.25, 0.3) is 5.65 Å². The molecule has 5 heterocycles. The zero-order chi connectivity index (χ0) is 32.1. The van der Waals surface area contributed by atoms with Crippen molar-refractivity contribution in [1.82, 2.24) is 24.5 Å². The molecule has 11 heteroatoms. The van der Waals surface area contributed by atoms with E-state index in [0.717, 1.165) is 74.7 Å². The van der Waals surface area contributed by atoms with Gasteiger partial charge in [-0.05, 0) is 62.5 Å². The first-order valence-electron chi connectivity index (χ1n) is 15.5. The van der Waals surface area contributed by atoms with Crippen LogP contribution < -0.4 is 14.5 Å². The zero-order valence-corrected chi connectivity index (χ0v) is 26.8. The number of carboxylic acids is 1. The van der Waals surface area contributed by atoms with Crippen LogP contribution in [0.1, 0.15) is 58.8 Å². The molecule has 2 aliphatic heterocycles. The van der Waals surface area contributed by atoms with Crippen molar-refractivity contribution in [3.63, 3.8) is 0 Å². The molecule has 2 fully saturated rings. The first-order chi connectivity index (χ1) is 21.6. The Morgan fingerprint density at radius 1 is 1.18 bits per heavy atom. The molecule has 238 valence electrons. The number of nitrogens with zero attached hydrogens (tertiary/aromatic N) is 7. The maximum absolute atomic E-state index is 11.3. The van der Waals surface area contributed by atoms with E-state index in [4.69, 9.17) is 4.74 Å². The molecular weight excluding hydrogens is 570 g/mol. The normalized spacial score (nSPS) is 19.6. The van der Waals surface area contributed by atoms with Crippen LogP contribution in [0, 0.1) is 12.8 Å². The van der Waals surface area contributed by atoms with E-state index in [1.165, 1.54) is 12.7 Å². The van der Waals surface area contributed by atoms with Crippen molar-refractivity contribution in [1.29, 1.82) is 0 Å². The van der Waals surface area contributed by atoms with Gasteiger partial charge in [0.25, 0.3) is 0 Å². The predicted molar refractivity (Wildman–Crippen MR) is 175 cm³/mol. The van der Waals surface area contributed by atoms with E-state index in [0.29, 0.717) is 12.2 Å². The first-order valence-corrected chi connectivity index (χ1v) is 15.5. The van der Waals surface area contributed by atoms with Gasteiger partial charge in [0.05, 0.1) is 30.9 Å². The molecule has 0 bridgehead atoms. The highest BCUT2D eigenvalue weighted by Crippen LogP contribution is 2.36. The highest BCUT2D eigenvalue weighted by atomic mass is 16.5. The quantitative estimate of drug-likeness (QED) is 0.269. The number of pyridine rings is 2. The average molecular weight is 614 g/mol. The molecule has 0 saturated carbocycles. The van der Waals surface area contributed by atoms with Crippen molar-refractivity contribution in [2.75, 3.05) is 63.2 Å². The van der Waals surface area contributed by atoms with Crippen LogP contribution in [0.2, 0.25) is 0 Å². The lowest BCUT2D eigenvalue weighted by Crippen LogP contribution is -2.28. The van der Waals surface area contributed by atoms with Crippen molar-refractivity contribution in [2.45, 2.75) is 39.0 Å². The summed E-state index contributed by atoms with van der Waals surface area (Å²) in [6.45, 7) is 12.5. The fourth-order valence-corrected chi connectivity index (χ4v) is 6.34. The van der Waals surface area contributed by atoms with Gasteiger partial charge in [-0.25, -0.2) is 19.3 Å². The van der Waals surface area contributed by atoms with Crippen molar-refractivity contribution in [2.24, 2.45) is 5.92 Å². The molecule has 0 spiro atoms.